The Labute approximate surface area is 172 Å². The minimum Gasteiger partial charge on any atom is -0.383 e. The molecule has 0 unspecified atom stereocenters. The third kappa shape index (κ3) is 4.89. The first-order chi connectivity index (χ1) is 13.6. The van der Waals surface area contributed by atoms with Gasteiger partial charge in [0.25, 0.3) is 0 Å². The highest BCUT2D eigenvalue weighted by Gasteiger charge is 2.16. The lowest BCUT2D eigenvalue weighted by Crippen LogP contribution is -2.16. The molecule has 0 spiro atoms. The van der Waals surface area contributed by atoms with Crippen molar-refractivity contribution >= 4 is 35.0 Å². The molecule has 3 rings (SSSR count). The number of thioether (sulfide) groups is 1. The van der Waals surface area contributed by atoms with E-state index in [4.69, 9.17) is 16.3 Å². The average Bonchev–Trinajstić information content (AvgIpc) is 3.11. The van der Waals surface area contributed by atoms with Gasteiger partial charge < -0.3 is 10.1 Å². The van der Waals surface area contributed by atoms with Crippen LogP contribution in [0.4, 0.5) is 5.69 Å². The first-order valence-corrected chi connectivity index (χ1v) is 9.97. The van der Waals surface area contributed by atoms with E-state index in [0.717, 1.165) is 11.1 Å². The Morgan fingerprint density at radius 3 is 2.79 bits per heavy atom. The highest BCUT2D eigenvalue weighted by Crippen LogP contribution is 2.25. The molecule has 0 aliphatic rings. The molecule has 1 amide bonds. The number of amides is 1. The number of benzene rings is 1. The van der Waals surface area contributed by atoms with E-state index >= 15 is 0 Å². The third-order valence-electron chi connectivity index (χ3n) is 4.05. The number of halogens is 1. The first kappa shape index (κ1) is 20.3. The monoisotopic (exact) mass is 417 g/mol. The molecule has 0 aliphatic heterocycles. The second kappa shape index (κ2) is 9.68. The van der Waals surface area contributed by atoms with Crippen LogP contribution < -0.4 is 5.32 Å². The summed E-state index contributed by atoms with van der Waals surface area (Å²) in [5, 5.41) is 12.7. The molecule has 2 heterocycles. The molecule has 7 nitrogen and oxygen atoms in total. The molecule has 9 heteroatoms. The maximum atomic E-state index is 12.4. The van der Waals surface area contributed by atoms with E-state index < -0.39 is 0 Å². The summed E-state index contributed by atoms with van der Waals surface area (Å²) in [5.41, 5.74) is 2.45. The van der Waals surface area contributed by atoms with Crippen LogP contribution in [0.1, 0.15) is 5.56 Å². The van der Waals surface area contributed by atoms with Crippen molar-refractivity contribution in [3.8, 4) is 11.4 Å². The van der Waals surface area contributed by atoms with Crippen LogP contribution in [0.3, 0.4) is 0 Å². The van der Waals surface area contributed by atoms with Gasteiger partial charge in [-0.05, 0) is 36.8 Å². The van der Waals surface area contributed by atoms with Gasteiger partial charge in [-0.15, -0.1) is 10.2 Å². The van der Waals surface area contributed by atoms with E-state index in [1.54, 1.807) is 31.6 Å². The van der Waals surface area contributed by atoms with Crippen molar-refractivity contribution < 1.29 is 9.53 Å². The number of anilines is 1. The summed E-state index contributed by atoms with van der Waals surface area (Å²) in [6, 6.07) is 9.17. The zero-order chi connectivity index (χ0) is 19.9. The van der Waals surface area contributed by atoms with Crippen LogP contribution in [0.15, 0.2) is 47.9 Å². The van der Waals surface area contributed by atoms with Crippen molar-refractivity contribution in [3.05, 3.63) is 53.3 Å². The highest BCUT2D eigenvalue weighted by atomic mass is 35.5. The van der Waals surface area contributed by atoms with Crippen molar-refractivity contribution in [2.75, 3.05) is 24.8 Å². The molecule has 3 aromatic rings. The van der Waals surface area contributed by atoms with Gasteiger partial charge in [0, 0.05) is 35.8 Å². The molecular weight excluding hydrogens is 398 g/mol. The van der Waals surface area contributed by atoms with Crippen LogP contribution in [-0.4, -0.2) is 45.1 Å². The molecule has 0 atom stereocenters. The van der Waals surface area contributed by atoms with E-state index in [0.29, 0.717) is 34.8 Å². The number of ether oxygens (including phenoxy) is 1. The fraction of sp³-hybridized carbons (Fsp3) is 0.263. The molecule has 0 bridgehead atoms. The minimum atomic E-state index is -0.137. The second-order valence-electron chi connectivity index (χ2n) is 5.94. The topological polar surface area (TPSA) is 81.9 Å². The fourth-order valence-electron chi connectivity index (χ4n) is 2.55. The number of methoxy groups -OCH3 is 1. The number of aromatic nitrogens is 4. The third-order valence-corrected chi connectivity index (χ3v) is 5.42. The van der Waals surface area contributed by atoms with Crippen LogP contribution >= 0.6 is 23.4 Å². The summed E-state index contributed by atoms with van der Waals surface area (Å²) >= 11 is 7.43. The normalized spacial score (nSPS) is 10.8. The van der Waals surface area contributed by atoms with Gasteiger partial charge in [-0.25, -0.2) is 0 Å². The summed E-state index contributed by atoms with van der Waals surface area (Å²) in [4.78, 5) is 16.4. The highest BCUT2D eigenvalue weighted by molar-refractivity contribution is 7.99. The molecule has 0 fully saturated rings. The van der Waals surface area contributed by atoms with E-state index in [1.165, 1.54) is 11.8 Å². The van der Waals surface area contributed by atoms with Gasteiger partial charge in [-0.1, -0.05) is 29.4 Å². The summed E-state index contributed by atoms with van der Waals surface area (Å²) in [5.74, 6) is 0.781. The van der Waals surface area contributed by atoms with Crippen LogP contribution in [0.2, 0.25) is 5.02 Å². The summed E-state index contributed by atoms with van der Waals surface area (Å²) < 4.78 is 7.15. The van der Waals surface area contributed by atoms with Crippen molar-refractivity contribution in [1.29, 1.82) is 0 Å². The van der Waals surface area contributed by atoms with Crippen LogP contribution in [0.25, 0.3) is 11.4 Å². The van der Waals surface area contributed by atoms with Gasteiger partial charge in [-0.2, -0.15) is 0 Å². The lowest BCUT2D eigenvalue weighted by atomic mass is 10.2. The van der Waals surface area contributed by atoms with Crippen molar-refractivity contribution in [3.63, 3.8) is 0 Å². The second-order valence-corrected chi connectivity index (χ2v) is 7.29. The lowest BCUT2D eigenvalue weighted by Gasteiger charge is -2.11. The van der Waals surface area contributed by atoms with Crippen molar-refractivity contribution in [2.24, 2.45) is 0 Å². The predicted octanol–water partition coefficient (Wildman–Crippen LogP) is 3.68. The molecule has 0 aliphatic carbocycles. The summed E-state index contributed by atoms with van der Waals surface area (Å²) in [6.07, 6.45) is 3.41. The predicted molar refractivity (Wildman–Crippen MR) is 111 cm³/mol. The Morgan fingerprint density at radius 2 is 2.04 bits per heavy atom. The quantitative estimate of drug-likeness (QED) is 0.563. The van der Waals surface area contributed by atoms with Gasteiger partial charge in [0.2, 0.25) is 5.91 Å². The Balaban J connectivity index is 1.72. The fourth-order valence-corrected chi connectivity index (χ4v) is 3.49. The van der Waals surface area contributed by atoms with E-state index in [1.807, 2.05) is 29.7 Å². The summed E-state index contributed by atoms with van der Waals surface area (Å²) in [7, 11) is 1.64. The zero-order valence-corrected chi connectivity index (χ0v) is 17.1. The van der Waals surface area contributed by atoms with Crippen molar-refractivity contribution in [2.45, 2.75) is 18.6 Å². The van der Waals surface area contributed by atoms with Gasteiger partial charge in [0.1, 0.15) is 0 Å². The molecule has 1 aromatic carbocycles. The average molecular weight is 418 g/mol. The molecule has 0 radical (unpaired) electrons. The van der Waals surface area contributed by atoms with Gasteiger partial charge in [0.05, 0.1) is 18.9 Å². The Bertz CT molecular complexity index is 949. The lowest BCUT2D eigenvalue weighted by molar-refractivity contribution is -0.113. The summed E-state index contributed by atoms with van der Waals surface area (Å²) in [6.45, 7) is 2.96. The number of nitrogens with one attached hydrogen (secondary N) is 1. The molecule has 28 heavy (non-hydrogen) atoms. The molecular formula is C19H20ClN5O2S. The number of pyridine rings is 1. The Hall–Kier alpha value is -2.42. The molecule has 2 aromatic heterocycles. The van der Waals surface area contributed by atoms with Crippen LogP contribution in [-0.2, 0) is 16.1 Å². The SMILES string of the molecule is COCCn1c(SCC(=O)Nc2cccc(Cl)c2C)nnc1-c1ccncc1. The first-order valence-electron chi connectivity index (χ1n) is 8.60. The van der Waals surface area contributed by atoms with Crippen molar-refractivity contribution in [1.82, 2.24) is 19.7 Å². The Morgan fingerprint density at radius 1 is 1.25 bits per heavy atom. The molecule has 0 saturated heterocycles. The number of nitrogens with zero attached hydrogens (tertiary/aromatic N) is 4. The van der Waals surface area contributed by atoms with Gasteiger partial charge >= 0.3 is 0 Å². The smallest absolute Gasteiger partial charge is 0.234 e. The molecule has 0 saturated carbocycles. The minimum absolute atomic E-state index is 0.137. The molecule has 146 valence electrons. The van der Waals surface area contributed by atoms with E-state index in [-0.39, 0.29) is 11.7 Å². The number of carbonyl (C=O) groups is 1. The number of hydrogen-bond donors (Lipinski definition) is 1. The van der Waals surface area contributed by atoms with E-state index in [2.05, 4.69) is 20.5 Å². The number of rotatable bonds is 8. The van der Waals surface area contributed by atoms with Gasteiger partial charge in [-0.3, -0.25) is 14.3 Å². The number of hydrogen-bond acceptors (Lipinski definition) is 6. The standard InChI is InChI=1S/C19H20ClN5O2S/c1-13-15(20)4-3-5-16(13)22-17(26)12-28-19-24-23-18(25(19)10-11-27-2)14-6-8-21-9-7-14/h3-9H,10-12H2,1-2H3,(H,22,26). The largest absolute Gasteiger partial charge is 0.383 e. The van der Waals surface area contributed by atoms with Crippen LogP contribution in [0.5, 0.6) is 0 Å². The zero-order valence-electron chi connectivity index (χ0n) is 15.6. The maximum absolute atomic E-state index is 12.4. The van der Waals surface area contributed by atoms with Gasteiger partial charge in [0.15, 0.2) is 11.0 Å². The Kier molecular flexibility index (Phi) is 7.02. The molecule has 1 N–H and O–H groups in total. The maximum Gasteiger partial charge on any atom is 0.234 e. The van der Waals surface area contributed by atoms with Crippen LogP contribution in [0, 0.1) is 6.92 Å². The van der Waals surface area contributed by atoms with E-state index in [9.17, 15) is 4.79 Å². The number of carbonyl (C=O) groups excluding carboxylic acids is 1.